The summed E-state index contributed by atoms with van der Waals surface area (Å²) >= 11 is 0. The van der Waals surface area contributed by atoms with Gasteiger partial charge >= 0.3 is 0 Å². The van der Waals surface area contributed by atoms with Crippen molar-refractivity contribution in [2.75, 3.05) is 0 Å². The molecule has 1 radical (unpaired) electrons. The molecule has 0 aromatic carbocycles. The van der Waals surface area contributed by atoms with Gasteiger partial charge in [0, 0.05) is 22.4 Å². The van der Waals surface area contributed by atoms with Crippen molar-refractivity contribution in [3.63, 3.8) is 0 Å². The van der Waals surface area contributed by atoms with Gasteiger partial charge in [-0.2, -0.15) is 6.42 Å². The van der Waals surface area contributed by atoms with E-state index in [9.17, 15) is 0 Å². The smallest absolute Gasteiger partial charge is 0 e. The summed E-state index contributed by atoms with van der Waals surface area (Å²) in [7, 11) is 0. The first-order valence-corrected chi connectivity index (χ1v) is 1.21. The predicted molar refractivity (Wildman–Crippen MR) is 34.9 cm³/mol. The van der Waals surface area contributed by atoms with E-state index in [0.717, 1.165) is 6.42 Å². The molecule has 0 unspecified atom stereocenters. The van der Waals surface area contributed by atoms with Crippen molar-refractivity contribution in [1.29, 1.82) is 0 Å². The predicted octanol–water partition coefficient (Wildman–Crippen LogP) is 2.58. The molecule has 0 fully saturated rings. The summed E-state index contributed by atoms with van der Waals surface area (Å²) < 4.78 is 0. The standard InChI is InChI=1S/C3H7.3CH3.Au/c1-3-2;;;;/h1,3H2,2H3;3*1H3;/q4*-1;. The Morgan fingerprint density at radius 1 is 1.14 bits per heavy atom. The summed E-state index contributed by atoms with van der Waals surface area (Å²) in [6, 6.07) is 0. The minimum absolute atomic E-state index is 0. The van der Waals surface area contributed by atoms with E-state index in [1.807, 2.05) is 6.92 Å². The number of hydrogen-bond acceptors (Lipinski definition) is 0. The maximum absolute atomic E-state index is 3.49. The van der Waals surface area contributed by atoms with Gasteiger partial charge in [0.05, 0.1) is 0 Å². The van der Waals surface area contributed by atoms with Crippen molar-refractivity contribution in [2.24, 2.45) is 0 Å². The van der Waals surface area contributed by atoms with Gasteiger partial charge in [0.2, 0.25) is 0 Å². The summed E-state index contributed by atoms with van der Waals surface area (Å²) in [5.41, 5.74) is 0. The second-order valence-electron chi connectivity index (χ2n) is 0.500. The summed E-state index contributed by atoms with van der Waals surface area (Å²) in [4.78, 5) is 0. The number of hydrogen-bond donors (Lipinski definition) is 0. The Morgan fingerprint density at radius 2 is 1.14 bits per heavy atom. The van der Waals surface area contributed by atoms with Crippen LogP contribution in [0, 0.1) is 29.2 Å². The van der Waals surface area contributed by atoms with Crippen molar-refractivity contribution in [3.8, 4) is 0 Å². The Labute approximate surface area is 65.2 Å². The summed E-state index contributed by atoms with van der Waals surface area (Å²) in [6.07, 6.45) is 1.00. The average molecular weight is 285 g/mol. The van der Waals surface area contributed by atoms with Crippen molar-refractivity contribution in [1.82, 2.24) is 0 Å². The Balaban J connectivity index is -0.00000000333. The Hall–Kier alpha value is 0.740. The van der Waals surface area contributed by atoms with Crippen molar-refractivity contribution in [3.05, 3.63) is 29.2 Å². The van der Waals surface area contributed by atoms with Gasteiger partial charge in [0.1, 0.15) is 0 Å². The largest absolute Gasteiger partial charge is 0.358 e. The van der Waals surface area contributed by atoms with Crippen LogP contribution in [0.3, 0.4) is 0 Å². The molecule has 0 atom stereocenters. The topological polar surface area (TPSA) is 0 Å². The summed E-state index contributed by atoms with van der Waals surface area (Å²) in [5, 5.41) is 0. The van der Waals surface area contributed by atoms with Crippen molar-refractivity contribution >= 4 is 0 Å². The van der Waals surface area contributed by atoms with Gasteiger partial charge in [-0.05, 0) is 0 Å². The molecule has 0 nitrogen and oxygen atoms in total. The van der Waals surface area contributed by atoms with E-state index < -0.39 is 0 Å². The molecule has 0 amide bonds. The van der Waals surface area contributed by atoms with E-state index in [-0.39, 0.29) is 44.7 Å². The molecule has 0 saturated carbocycles. The molecule has 0 heterocycles. The fourth-order valence-electron chi connectivity index (χ4n) is 0. The zero-order chi connectivity index (χ0) is 2.71. The molecule has 0 rings (SSSR count). The molecule has 0 bridgehead atoms. The van der Waals surface area contributed by atoms with Gasteiger partial charge in [-0.1, -0.05) is 6.92 Å². The van der Waals surface area contributed by atoms with Crippen LogP contribution in [-0.2, 0) is 22.4 Å². The SMILES string of the molecule is [Au].[CH2-]CC.[CH3-].[CH3-].[CH3-]. The average Bonchev–Trinajstić information content (AvgIpc) is 0.918. The molecule has 0 aromatic heterocycles. The van der Waals surface area contributed by atoms with Gasteiger partial charge in [-0.15, -0.1) is 0 Å². The minimum Gasteiger partial charge on any atom is -0.358 e. The zero-order valence-corrected chi connectivity index (χ0v) is 7.88. The van der Waals surface area contributed by atoms with Crippen molar-refractivity contribution < 1.29 is 22.4 Å². The molecule has 0 aliphatic rings. The van der Waals surface area contributed by atoms with Crippen LogP contribution in [0.5, 0.6) is 0 Å². The van der Waals surface area contributed by atoms with Gasteiger partial charge < -0.3 is 29.2 Å². The second kappa shape index (κ2) is 73.3. The molecule has 0 aliphatic carbocycles. The third-order valence-corrected chi connectivity index (χ3v) is 0. The van der Waals surface area contributed by atoms with E-state index in [1.165, 1.54) is 0 Å². The van der Waals surface area contributed by atoms with Crippen LogP contribution in [0.2, 0.25) is 0 Å². The van der Waals surface area contributed by atoms with Crippen LogP contribution in [-0.4, -0.2) is 0 Å². The summed E-state index contributed by atoms with van der Waals surface area (Å²) in [5.74, 6) is 0. The quantitative estimate of drug-likeness (QED) is 0.474. The first kappa shape index (κ1) is 46.8. The van der Waals surface area contributed by atoms with E-state index in [0.29, 0.717) is 0 Å². The molecule has 0 aliphatic heterocycles. The van der Waals surface area contributed by atoms with Crippen LogP contribution in [0.4, 0.5) is 0 Å². The van der Waals surface area contributed by atoms with Crippen LogP contribution in [0.25, 0.3) is 0 Å². The van der Waals surface area contributed by atoms with Crippen LogP contribution in [0.15, 0.2) is 0 Å². The number of rotatable bonds is 0. The monoisotopic (exact) mass is 285 g/mol. The van der Waals surface area contributed by atoms with Gasteiger partial charge in [-0.25, -0.2) is 0 Å². The van der Waals surface area contributed by atoms with Gasteiger partial charge in [-0.3, -0.25) is 0 Å². The first-order chi connectivity index (χ1) is 1.41. The molecule has 7 heavy (non-hydrogen) atoms. The van der Waals surface area contributed by atoms with E-state index in [4.69, 9.17) is 0 Å². The molecule has 0 N–H and O–H groups in total. The minimum atomic E-state index is 0. The van der Waals surface area contributed by atoms with Crippen LogP contribution < -0.4 is 0 Å². The maximum atomic E-state index is 3.49. The third kappa shape index (κ3) is 276. The zero-order valence-electron chi connectivity index (χ0n) is 5.72. The molecule has 0 aromatic rings. The fourth-order valence-corrected chi connectivity index (χ4v) is 0. The first-order valence-electron chi connectivity index (χ1n) is 1.21. The Kier molecular flexibility index (Phi) is 491. The van der Waals surface area contributed by atoms with Crippen molar-refractivity contribution in [2.45, 2.75) is 13.3 Å². The maximum Gasteiger partial charge on any atom is 0 e. The van der Waals surface area contributed by atoms with Crippen LogP contribution >= 0.6 is 0 Å². The molecule has 1 heteroatoms. The molecule has 55 valence electrons. The molecule has 0 spiro atoms. The third-order valence-electron chi connectivity index (χ3n) is 0. The van der Waals surface area contributed by atoms with E-state index in [1.54, 1.807) is 0 Å². The molecule has 0 saturated heterocycles. The second-order valence-corrected chi connectivity index (χ2v) is 0.500. The van der Waals surface area contributed by atoms with Gasteiger partial charge in [0.15, 0.2) is 0 Å². The molecular formula is C6H16Au-4. The van der Waals surface area contributed by atoms with Crippen LogP contribution in [0.1, 0.15) is 13.3 Å². The fraction of sp³-hybridized carbons (Fsp3) is 0.333. The Bertz CT molecular complexity index is 4.14. The van der Waals surface area contributed by atoms with E-state index in [2.05, 4.69) is 6.92 Å². The Morgan fingerprint density at radius 3 is 1.14 bits per heavy atom. The normalized spacial score (nSPS) is 2.57. The summed E-state index contributed by atoms with van der Waals surface area (Å²) in [6.45, 7) is 5.50. The molecular weight excluding hydrogens is 269 g/mol. The van der Waals surface area contributed by atoms with E-state index >= 15 is 0 Å². The van der Waals surface area contributed by atoms with Gasteiger partial charge in [0.25, 0.3) is 0 Å².